The number of nitrogens with zero attached hydrogens (tertiary/aromatic N) is 1. The Morgan fingerprint density at radius 1 is 1.70 bits per heavy atom. The first kappa shape index (κ1) is 6.99. The zero-order valence-electron chi connectivity index (χ0n) is 5.96. The van der Waals surface area contributed by atoms with Gasteiger partial charge < -0.3 is 5.11 Å². The lowest BCUT2D eigenvalue weighted by molar-refractivity contribution is -0.137. The van der Waals surface area contributed by atoms with Gasteiger partial charge >= 0.3 is 5.97 Å². The SMILES string of the molecule is CC1=C[C@@H](C(=O)O)N=C1C. The van der Waals surface area contributed by atoms with Crippen LogP contribution in [-0.4, -0.2) is 22.8 Å². The number of aliphatic imine (C=N–C) groups is 1. The lowest BCUT2D eigenvalue weighted by Crippen LogP contribution is -2.12. The number of carbonyl (C=O) groups is 1. The predicted molar refractivity (Wildman–Crippen MR) is 38.3 cm³/mol. The minimum atomic E-state index is -0.879. The molecule has 1 rings (SSSR count). The van der Waals surface area contributed by atoms with Crippen LogP contribution in [0.2, 0.25) is 0 Å². The van der Waals surface area contributed by atoms with Crippen molar-refractivity contribution in [2.75, 3.05) is 0 Å². The van der Waals surface area contributed by atoms with E-state index in [0.717, 1.165) is 11.3 Å². The summed E-state index contributed by atoms with van der Waals surface area (Å²) in [7, 11) is 0. The second-order valence-electron chi connectivity index (χ2n) is 2.35. The maximum atomic E-state index is 10.3. The molecule has 0 aromatic carbocycles. The van der Waals surface area contributed by atoms with Crippen molar-refractivity contribution in [2.45, 2.75) is 19.9 Å². The quantitative estimate of drug-likeness (QED) is 0.585. The van der Waals surface area contributed by atoms with E-state index >= 15 is 0 Å². The largest absolute Gasteiger partial charge is 0.479 e. The molecule has 1 N–H and O–H groups in total. The van der Waals surface area contributed by atoms with E-state index in [1.54, 1.807) is 6.08 Å². The third kappa shape index (κ3) is 1.07. The van der Waals surface area contributed by atoms with Gasteiger partial charge in [0.15, 0.2) is 6.04 Å². The first-order valence-electron chi connectivity index (χ1n) is 3.07. The molecule has 0 saturated heterocycles. The standard InChI is InChI=1S/C7H9NO2/c1-4-3-6(7(9)10)8-5(4)2/h3,6H,1-2H3,(H,9,10)/t6-/m0/s1. The van der Waals surface area contributed by atoms with Gasteiger partial charge in [0.25, 0.3) is 0 Å². The van der Waals surface area contributed by atoms with Gasteiger partial charge in [-0.2, -0.15) is 0 Å². The van der Waals surface area contributed by atoms with Crippen molar-refractivity contribution in [3.63, 3.8) is 0 Å². The van der Waals surface area contributed by atoms with E-state index in [2.05, 4.69) is 4.99 Å². The van der Waals surface area contributed by atoms with Gasteiger partial charge in [0.05, 0.1) is 0 Å². The number of aliphatic carboxylic acids is 1. The molecule has 54 valence electrons. The van der Waals surface area contributed by atoms with Gasteiger partial charge in [0.2, 0.25) is 0 Å². The average molecular weight is 139 g/mol. The fourth-order valence-electron chi connectivity index (χ4n) is 0.832. The molecule has 10 heavy (non-hydrogen) atoms. The maximum absolute atomic E-state index is 10.3. The molecule has 0 aromatic rings. The molecule has 1 aliphatic heterocycles. The molecular weight excluding hydrogens is 130 g/mol. The van der Waals surface area contributed by atoms with E-state index in [4.69, 9.17) is 5.11 Å². The summed E-state index contributed by atoms with van der Waals surface area (Å²) in [5, 5.41) is 8.50. The fourth-order valence-corrected chi connectivity index (χ4v) is 0.832. The van der Waals surface area contributed by atoms with Crippen LogP contribution in [0, 0.1) is 0 Å². The highest BCUT2D eigenvalue weighted by atomic mass is 16.4. The summed E-state index contributed by atoms with van der Waals surface area (Å²) in [4.78, 5) is 14.2. The van der Waals surface area contributed by atoms with Crippen molar-refractivity contribution in [1.82, 2.24) is 0 Å². The predicted octanol–water partition coefficient (Wildman–Crippen LogP) is 0.860. The molecule has 0 saturated carbocycles. The van der Waals surface area contributed by atoms with Crippen molar-refractivity contribution in [3.05, 3.63) is 11.6 Å². The monoisotopic (exact) mass is 139 g/mol. The summed E-state index contributed by atoms with van der Waals surface area (Å²) in [6.45, 7) is 3.68. The Morgan fingerprint density at radius 2 is 2.30 bits per heavy atom. The molecule has 1 heterocycles. The van der Waals surface area contributed by atoms with Crippen LogP contribution in [-0.2, 0) is 4.79 Å². The Balaban J connectivity index is 2.83. The number of hydrogen-bond acceptors (Lipinski definition) is 2. The molecule has 0 aliphatic carbocycles. The summed E-state index contributed by atoms with van der Waals surface area (Å²) < 4.78 is 0. The van der Waals surface area contributed by atoms with E-state index in [9.17, 15) is 4.79 Å². The van der Waals surface area contributed by atoms with Crippen molar-refractivity contribution >= 4 is 11.7 Å². The van der Waals surface area contributed by atoms with Crippen LogP contribution in [0.1, 0.15) is 13.8 Å². The highest BCUT2D eigenvalue weighted by Gasteiger charge is 2.18. The van der Waals surface area contributed by atoms with Crippen LogP contribution < -0.4 is 0 Å². The van der Waals surface area contributed by atoms with Crippen molar-refractivity contribution in [3.8, 4) is 0 Å². The Kier molecular flexibility index (Phi) is 1.57. The molecule has 0 fully saturated rings. The number of rotatable bonds is 1. The van der Waals surface area contributed by atoms with Crippen LogP contribution in [0.3, 0.4) is 0 Å². The van der Waals surface area contributed by atoms with Crippen molar-refractivity contribution in [2.24, 2.45) is 4.99 Å². The molecule has 0 radical (unpaired) electrons. The average Bonchev–Trinajstić information content (AvgIpc) is 2.13. The molecule has 0 aromatic heterocycles. The van der Waals surface area contributed by atoms with Crippen LogP contribution in [0.15, 0.2) is 16.6 Å². The van der Waals surface area contributed by atoms with Gasteiger partial charge in [-0.1, -0.05) is 0 Å². The van der Waals surface area contributed by atoms with Gasteiger partial charge in [0.1, 0.15) is 0 Å². The number of carboxylic acid groups (broad SMARTS) is 1. The number of carboxylic acids is 1. The van der Waals surface area contributed by atoms with E-state index in [1.165, 1.54) is 0 Å². The van der Waals surface area contributed by atoms with E-state index in [1.807, 2.05) is 13.8 Å². The topological polar surface area (TPSA) is 49.7 Å². The number of hydrogen-bond donors (Lipinski definition) is 1. The zero-order valence-corrected chi connectivity index (χ0v) is 5.96. The minimum absolute atomic E-state index is 0.639. The first-order chi connectivity index (χ1) is 4.61. The van der Waals surface area contributed by atoms with Crippen LogP contribution in [0.25, 0.3) is 0 Å². The van der Waals surface area contributed by atoms with Crippen molar-refractivity contribution in [1.29, 1.82) is 0 Å². The second-order valence-corrected chi connectivity index (χ2v) is 2.35. The Hall–Kier alpha value is -1.12. The molecule has 1 atom stereocenters. The molecule has 0 amide bonds. The summed E-state index contributed by atoms with van der Waals surface area (Å²) in [5.41, 5.74) is 1.79. The molecule has 3 heteroatoms. The molecular formula is C7H9NO2. The normalized spacial score (nSPS) is 24.0. The summed E-state index contributed by atoms with van der Waals surface area (Å²) in [5.74, 6) is -0.879. The third-order valence-electron chi connectivity index (χ3n) is 1.56. The van der Waals surface area contributed by atoms with Crippen LogP contribution in [0.5, 0.6) is 0 Å². The molecule has 1 aliphatic rings. The Bertz CT molecular complexity index is 210. The number of allylic oxidation sites excluding steroid dienone is 1. The molecule has 0 unspecified atom stereocenters. The summed E-state index contributed by atoms with van der Waals surface area (Å²) in [6.07, 6.45) is 1.65. The smallest absolute Gasteiger partial charge is 0.332 e. The van der Waals surface area contributed by atoms with Crippen molar-refractivity contribution < 1.29 is 9.90 Å². The Morgan fingerprint density at radius 3 is 2.50 bits per heavy atom. The zero-order chi connectivity index (χ0) is 7.72. The lowest BCUT2D eigenvalue weighted by Gasteiger charge is -1.92. The Labute approximate surface area is 59.1 Å². The maximum Gasteiger partial charge on any atom is 0.332 e. The third-order valence-corrected chi connectivity index (χ3v) is 1.56. The van der Waals surface area contributed by atoms with Gasteiger partial charge in [-0.15, -0.1) is 0 Å². The minimum Gasteiger partial charge on any atom is -0.479 e. The highest BCUT2D eigenvalue weighted by molar-refractivity contribution is 6.02. The van der Waals surface area contributed by atoms with E-state index < -0.39 is 12.0 Å². The highest BCUT2D eigenvalue weighted by Crippen LogP contribution is 2.11. The van der Waals surface area contributed by atoms with Gasteiger partial charge in [-0.05, 0) is 25.5 Å². The summed E-state index contributed by atoms with van der Waals surface area (Å²) in [6, 6.07) is -0.639. The van der Waals surface area contributed by atoms with E-state index in [-0.39, 0.29) is 0 Å². The molecule has 3 nitrogen and oxygen atoms in total. The van der Waals surface area contributed by atoms with Crippen LogP contribution >= 0.6 is 0 Å². The summed E-state index contributed by atoms with van der Waals surface area (Å²) >= 11 is 0. The fraction of sp³-hybridized carbons (Fsp3) is 0.429. The second kappa shape index (κ2) is 2.25. The van der Waals surface area contributed by atoms with Gasteiger partial charge in [-0.25, -0.2) is 4.79 Å². The lowest BCUT2D eigenvalue weighted by atomic mass is 10.2. The van der Waals surface area contributed by atoms with Gasteiger partial charge in [-0.3, -0.25) is 4.99 Å². The first-order valence-corrected chi connectivity index (χ1v) is 3.07. The molecule has 0 spiro atoms. The van der Waals surface area contributed by atoms with Gasteiger partial charge in [0, 0.05) is 5.71 Å². The van der Waals surface area contributed by atoms with Crippen LogP contribution in [0.4, 0.5) is 0 Å². The van der Waals surface area contributed by atoms with E-state index in [0.29, 0.717) is 0 Å². The molecule has 0 bridgehead atoms.